The van der Waals surface area contributed by atoms with Crippen LogP contribution in [0.25, 0.3) is 11.0 Å². The molecule has 3 rings (SSSR count). The fourth-order valence-corrected chi connectivity index (χ4v) is 3.66. The van der Waals surface area contributed by atoms with Crippen molar-refractivity contribution in [2.75, 3.05) is 13.2 Å². The zero-order valence-electron chi connectivity index (χ0n) is 22.6. The Labute approximate surface area is 224 Å². The SMILES string of the molecule is CC/C=C/CCOc1ccc2c(OC(=O)c3ccccc3)c(OC/C=C(\C)CCC=C(C)C)c(=O)oc2c1. The Morgan fingerprint density at radius 3 is 2.45 bits per heavy atom. The normalized spacial score (nSPS) is 11.5. The van der Waals surface area contributed by atoms with Crippen LogP contribution in [0.1, 0.15) is 63.7 Å². The quantitative estimate of drug-likeness (QED) is 0.0998. The molecule has 0 saturated carbocycles. The Balaban J connectivity index is 1.89. The predicted molar refractivity (Wildman–Crippen MR) is 151 cm³/mol. The minimum Gasteiger partial charge on any atom is -0.493 e. The molecule has 0 fully saturated rings. The van der Waals surface area contributed by atoms with Crippen molar-refractivity contribution in [3.8, 4) is 17.2 Å². The largest absolute Gasteiger partial charge is 0.493 e. The zero-order valence-corrected chi connectivity index (χ0v) is 22.6. The Hall–Kier alpha value is -4.06. The molecule has 0 N–H and O–H groups in total. The summed E-state index contributed by atoms with van der Waals surface area (Å²) in [5.41, 5.74) is 2.27. The third-order valence-electron chi connectivity index (χ3n) is 5.70. The molecular formula is C32H36O6. The third-order valence-corrected chi connectivity index (χ3v) is 5.70. The molecule has 6 nitrogen and oxygen atoms in total. The molecule has 0 saturated heterocycles. The number of benzene rings is 2. The number of allylic oxidation sites excluding steroid dienone is 4. The monoisotopic (exact) mass is 516 g/mol. The van der Waals surface area contributed by atoms with Crippen molar-refractivity contribution in [3.63, 3.8) is 0 Å². The molecule has 200 valence electrons. The van der Waals surface area contributed by atoms with E-state index >= 15 is 0 Å². The van der Waals surface area contributed by atoms with Crippen LogP contribution in [0.4, 0.5) is 0 Å². The lowest BCUT2D eigenvalue weighted by molar-refractivity contribution is 0.0730. The van der Waals surface area contributed by atoms with Gasteiger partial charge in [0, 0.05) is 6.07 Å². The molecular weight excluding hydrogens is 480 g/mol. The van der Waals surface area contributed by atoms with E-state index in [4.69, 9.17) is 18.6 Å². The highest BCUT2D eigenvalue weighted by Gasteiger charge is 2.22. The third kappa shape index (κ3) is 8.51. The highest BCUT2D eigenvalue weighted by Crippen LogP contribution is 2.35. The summed E-state index contributed by atoms with van der Waals surface area (Å²) in [6.45, 7) is 8.86. The van der Waals surface area contributed by atoms with Crippen molar-refractivity contribution in [1.82, 2.24) is 0 Å². The topological polar surface area (TPSA) is 75.0 Å². The maximum absolute atomic E-state index is 13.0. The second-order valence-corrected chi connectivity index (χ2v) is 9.16. The van der Waals surface area contributed by atoms with Crippen LogP contribution in [0.2, 0.25) is 0 Å². The van der Waals surface area contributed by atoms with E-state index in [1.54, 1.807) is 42.5 Å². The first-order valence-electron chi connectivity index (χ1n) is 13.0. The first-order valence-corrected chi connectivity index (χ1v) is 13.0. The van der Waals surface area contributed by atoms with Crippen molar-refractivity contribution in [1.29, 1.82) is 0 Å². The minimum atomic E-state index is -0.730. The summed E-state index contributed by atoms with van der Waals surface area (Å²) in [7, 11) is 0. The fourth-order valence-electron chi connectivity index (χ4n) is 3.66. The number of carbonyl (C=O) groups excluding carboxylic acids is 1. The van der Waals surface area contributed by atoms with Crippen LogP contribution in [0.15, 0.2) is 93.2 Å². The molecule has 0 amide bonds. The van der Waals surface area contributed by atoms with Gasteiger partial charge in [-0.1, -0.05) is 54.5 Å². The van der Waals surface area contributed by atoms with Gasteiger partial charge in [0.15, 0.2) is 5.75 Å². The molecule has 0 bridgehead atoms. The van der Waals surface area contributed by atoms with Gasteiger partial charge in [-0.3, -0.25) is 0 Å². The van der Waals surface area contributed by atoms with Crippen LogP contribution in [0.5, 0.6) is 17.2 Å². The van der Waals surface area contributed by atoms with Crippen molar-refractivity contribution in [2.24, 2.45) is 0 Å². The molecule has 0 aliphatic rings. The summed E-state index contributed by atoms with van der Waals surface area (Å²) in [6.07, 6.45) is 11.8. The van der Waals surface area contributed by atoms with Crippen molar-refractivity contribution < 1.29 is 23.4 Å². The summed E-state index contributed by atoms with van der Waals surface area (Å²) in [6, 6.07) is 13.7. The van der Waals surface area contributed by atoms with Gasteiger partial charge in [-0.25, -0.2) is 9.59 Å². The molecule has 3 aromatic rings. The molecule has 2 aromatic carbocycles. The molecule has 1 aromatic heterocycles. The Kier molecular flexibility index (Phi) is 11.0. The van der Waals surface area contributed by atoms with Crippen molar-refractivity contribution >= 4 is 16.9 Å². The molecule has 0 radical (unpaired) electrons. The second-order valence-electron chi connectivity index (χ2n) is 9.16. The van der Waals surface area contributed by atoms with Crippen molar-refractivity contribution in [3.05, 3.63) is 100.0 Å². The van der Waals surface area contributed by atoms with Gasteiger partial charge in [0.2, 0.25) is 5.75 Å². The molecule has 0 aliphatic carbocycles. The van der Waals surface area contributed by atoms with Crippen LogP contribution < -0.4 is 19.8 Å². The second kappa shape index (κ2) is 14.6. The van der Waals surface area contributed by atoms with E-state index in [0.717, 1.165) is 31.3 Å². The number of rotatable bonds is 13. The number of ether oxygens (including phenoxy) is 3. The van der Waals surface area contributed by atoms with E-state index in [0.29, 0.717) is 23.3 Å². The number of fused-ring (bicyclic) bond motifs is 1. The Morgan fingerprint density at radius 2 is 1.71 bits per heavy atom. The molecule has 6 heteroatoms. The number of hydrogen-bond acceptors (Lipinski definition) is 6. The highest BCUT2D eigenvalue weighted by molar-refractivity contribution is 5.95. The van der Waals surface area contributed by atoms with Gasteiger partial charge in [-0.15, -0.1) is 0 Å². The summed E-state index contributed by atoms with van der Waals surface area (Å²) in [4.78, 5) is 25.9. The van der Waals surface area contributed by atoms with Gasteiger partial charge < -0.3 is 18.6 Å². The van der Waals surface area contributed by atoms with Gasteiger partial charge in [0.1, 0.15) is 17.9 Å². The number of esters is 1. The minimum absolute atomic E-state index is 0.0260. The Morgan fingerprint density at radius 1 is 0.921 bits per heavy atom. The lowest BCUT2D eigenvalue weighted by atomic mass is 10.1. The van der Waals surface area contributed by atoms with Gasteiger partial charge in [0.25, 0.3) is 0 Å². The van der Waals surface area contributed by atoms with Crippen LogP contribution >= 0.6 is 0 Å². The van der Waals surface area contributed by atoms with E-state index < -0.39 is 11.6 Å². The van der Waals surface area contributed by atoms with E-state index in [2.05, 4.69) is 39.0 Å². The number of carbonyl (C=O) groups is 1. The molecule has 0 atom stereocenters. The average molecular weight is 517 g/mol. The fraction of sp³-hybridized carbons (Fsp3) is 0.312. The standard InChI is InChI=1S/C32H36O6/c1-5-6-7-11-20-35-26-17-18-27-28(22-26)37-32(34)30(36-21-19-24(4)14-12-13-23(2)3)29(27)38-31(33)25-15-9-8-10-16-25/h6-10,13,15-19,22H,5,11-12,14,20-21H2,1-4H3/b7-6+,24-19+. The van der Waals surface area contributed by atoms with Crippen molar-refractivity contribution in [2.45, 2.75) is 53.4 Å². The molecule has 0 aliphatic heterocycles. The predicted octanol–water partition coefficient (Wildman–Crippen LogP) is 7.82. The first-order chi connectivity index (χ1) is 18.4. The maximum atomic E-state index is 13.0. The van der Waals surface area contributed by atoms with Crippen LogP contribution in [-0.4, -0.2) is 19.2 Å². The van der Waals surface area contributed by atoms with E-state index in [1.807, 2.05) is 19.1 Å². The van der Waals surface area contributed by atoms with Gasteiger partial charge in [0.05, 0.1) is 17.6 Å². The van der Waals surface area contributed by atoms with E-state index in [9.17, 15) is 9.59 Å². The summed E-state index contributed by atoms with van der Waals surface area (Å²) in [5.74, 6) is -0.167. The first kappa shape index (κ1) is 28.5. The summed E-state index contributed by atoms with van der Waals surface area (Å²) in [5, 5.41) is 0.436. The van der Waals surface area contributed by atoms with E-state index in [-0.39, 0.29) is 23.7 Å². The lowest BCUT2D eigenvalue weighted by Crippen LogP contribution is -2.14. The molecule has 1 heterocycles. The molecule has 38 heavy (non-hydrogen) atoms. The van der Waals surface area contributed by atoms with Gasteiger partial charge >= 0.3 is 11.6 Å². The smallest absolute Gasteiger partial charge is 0.383 e. The Bertz CT molecular complexity index is 1360. The molecule has 0 unspecified atom stereocenters. The zero-order chi connectivity index (χ0) is 27.3. The number of hydrogen-bond donors (Lipinski definition) is 0. The van der Waals surface area contributed by atoms with E-state index in [1.165, 1.54) is 5.57 Å². The molecule has 0 spiro atoms. The average Bonchev–Trinajstić information content (AvgIpc) is 2.90. The van der Waals surface area contributed by atoms with Crippen LogP contribution in [-0.2, 0) is 0 Å². The maximum Gasteiger partial charge on any atom is 0.383 e. The lowest BCUT2D eigenvalue weighted by Gasteiger charge is -2.13. The summed E-state index contributed by atoms with van der Waals surface area (Å²) >= 11 is 0. The van der Waals surface area contributed by atoms with Crippen LogP contribution in [0.3, 0.4) is 0 Å². The van der Waals surface area contributed by atoms with Gasteiger partial charge in [-0.05, 0) is 76.8 Å². The summed E-state index contributed by atoms with van der Waals surface area (Å²) < 4.78 is 22.9. The highest BCUT2D eigenvalue weighted by atomic mass is 16.6. The van der Waals surface area contributed by atoms with Gasteiger partial charge in [-0.2, -0.15) is 0 Å². The van der Waals surface area contributed by atoms with Crippen LogP contribution in [0, 0.1) is 0 Å².